The van der Waals surface area contributed by atoms with Crippen LogP contribution < -0.4 is 10.1 Å². The van der Waals surface area contributed by atoms with Gasteiger partial charge in [0.15, 0.2) is 0 Å². The summed E-state index contributed by atoms with van der Waals surface area (Å²) in [5.74, 6) is 6.45. The van der Waals surface area contributed by atoms with Gasteiger partial charge in [0, 0.05) is 38.2 Å². The Morgan fingerprint density at radius 1 is 1.02 bits per heavy atom. The van der Waals surface area contributed by atoms with Crippen LogP contribution in [0.3, 0.4) is 0 Å². The van der Waals surface area contributed by atoms with Crippen molar-refractivity contribution in [2.75, 3.05) is 45.9 Å². The predicted octanol–water partition coefficient (Wildman–Crippen LogP) is 4.38. The fourth-order valence-electron chi connectivity index (χ4n) is 7.10. The van der Waals surface area contributed by atoms with Crippen molar-refractivity contribution in [3.8, 4) is 17.6 Å². The molecule has 45 heavy (non-hydrogen) atoms. The predicted molar refractivity (Wildman–Crippen MR) is 176 cm³/mol. The van der Waals surface area contributed by atoms with E-state index in [4.69, 9.17) is 4.74 Å². The van der Waals surface area contributed by atoms with Crippen LogP contribution in [0, 0.1) is 11.8 Å². The van der Waals surface area contributed by atoms with Crippen molar-refractivity contribution in [1.82, 2.24) is 20.0 Å². The average molecular weight is 623 g/mol. The summed E-state index contributed by atoms with van der Waals surface area (Å²) in [5, 5.41) is 14.2. The first-order chi connectivity index (χ1) is 21.7. The number of nitrogens with one attached hydrogen (secondary N) is 1. The maximum atomic E-state index is 13.8. The van der Waals surface area contributed by atoms with E-state index in [0.717, 1.165) is 70.3 Å². The molecule has 3 aliphatic rings. The molecule has 0 bridgehead atoms. The summed E-state index contributed by atoms with van der Waals surface area (Å²) in [5.41, 5.74) is -1.02. The molecule has 9 nitrogen and oxygen atoms in total. The zero-order valence-electron chi connectivity index (χ0n) is 27.7. The van der Waals surface area contributed by atoms with Gasteiger partial charge >= 0.3 is 0 Å². The molecule has 1 aliphatic carbocycles. The Balaban J connectivity index is 1.22. The minimum absolute atomic E-state index is 0.0152. The second kappa shape index (κ2) is 16.5. The van der Waals surface area contributed by atoms with Gasteiger partial charge in [-0.1, -0.05) is 38.5 Å². The molecule has 1 spiro atoms. The number of likely N-dealkylation sites (tertiary alicyclic amines) is 1. The summed E-state index contributed by atoms with van der Waals surface area (Å²) in [4.78, 5) is 46.2. The number of aliphatic hydroxyl groups is 1. The van der Waals surface area contributed by atoms with Gasteiger partial charge in [0.25, 0.3) is 5.91 Å². The molecular formula is C36H54N4O5. The van der Waals surface area contributed by atoms with E-state index in [1.54, 1.807) is 24.0 Å². The van der Waals surface area contributed by atoms with E-state index in [1.165, 1.54) is 0 Å². The highest BCUT2D eigenvalue weighted by Gasteiger charge is 2.54. The van der Waals surface area contributed by atoms with Gasteiger partial charge in [-0.25, -0.2) is 0 Å². The highest BCUT2D eigenvalue weighted by Crippen LogP contribution is 2.37. The van der Waals surface area contributed by atoms with E-state index in [0.29, 0.717) is 63.9 Å². The molecule has 3 fully saturated rings. The number of hydrogen-bond acceptors (Lipinski definition) is 6. The summed E-state index contributed by atoms with van der Waals surface area (Å²) in [6.07, 6.45) is 9.74. The molecule has 1 aromatic carbocycles. The Labute approximate surface area is 270 Å². The SMILES string of the molecule is CC#CCN(CC)C(=O)c1ccc(OCCCCN2CCC3(CC2)C(=O)N[C@H](CC2(O)CCCCC2)C(=O)N3CCCC)cc1. The van der Waals surface area contributed by atoms with Crippen LogP contribution in [0.5, 0.6) is 5.75 Å². The molecule has 3 amide bonds. The van der Waals surface area contributed by atoms with Crippen molar-refractivity contribution in [1.29, 1.82) is 0 Å². The third kappa shape index (κ3) is 8.80. The van der Waals surface area contributed by atoms with Crippen molar-refractivity contribution < 1.29 is 24.2 Å². The third-order valence-corrected chi connectivity index (χ3v) is 9.95. The van der Waals surface area contributed by atoms with Crippen LogP contribution in [-0.4, -0.2) is 101 Å². The normalized spacial score (nSPS) is 21.2. The summed E-state index contributed by atoms with van der Waals surface area (Å²) in [6.45, 7) is 10.5. The molecule has 1 atom stereocenters. The lowest BCUT2D eigenvalue weighted by molar-refractivity contribution is -0.163. The van der Waals surface area contributed by atoms with Crippen LogP contribution in [0.2, 0.25) is 0 Å². The largest absolute Gasteiger partial charge is 0.494 e. The maximum absolute atomic E-state index is 13.8. The van der Waals surface area contributed by atoms with Gasteiger partial charge in [-0.15, -0.1) is 5.92 Å². The molecule has 1 saturated carbocycles. The fraction of sp³-hybridized carbons (Fsp3) is 0.694. The van der Waals surface area contributed by atoms with E-state index in [2.05, 4.69) is 29.0 Å². The van der Waals surface area contributed by atoms with Crippen molar-refractivity contribution in [3.05, 3.63) is 29.8 Å². The molecule has 0 aromatic heterocycles. The van der Waals surface area contributed by atoms with Gasteiger partial charge < -0.3 is 29.9 Å². The van der Waals surface area contributed by atoms with E-state index in [1.807, 2.05) is 24.0 Å². The van der Waals surface area contributed by atoms with Crippen LogP contribution >= 0.6 is 0 Å². The summed E-state index contributed by atoms with van der Waals surface area (Å²) >= 11 is 0. The highest BCUT2D eigenvalue weighted by molar-refractivity contribution is 6.00. The summed E-state index contributed by atoms with van der Waals surface area (Å²) in [6, 6.07) is 6.66. The number of piperazine rings is 1. The van der Waals surface area contributed by atoms with Crippen molar-refractivity contribution >= 4 is 17.7 Å². The number of carbonyl (C=O) groups excluding carboxylic acids is 3. The first-order valence-electron chi connectivity index (χ1n) is 17.2. The van der Waals surface area contributed by atoms with Crippen LogP contribution in [0.4, 0.5) is 0 Å². The Morgan fingerprint density at radius 2 is 1.73 bits per heavy atom. The van der Waals surface area contributed by atoms with E-state index in [9.17, 15) is 19.5 Å². The average Bonchev–Trinajstić information content (AvgIpc) is 3.05. The number of nitrogens with zero attached hydrogens (tertiary/aromatic N) is 3. The molecular weight excluding hydrogens is 568 g/mol. The number of unbranched alkanes of at least 4 members (excludes halogenated alkanes) is 2. The van der Waals surface area contributed by atoms with Gasteiger partial charge in [0.2, 0.25) is 11.8 Å². The first kappa shape index (κ1) is 34.8. The minimum atomic E-state index is -0.858. The maximum Gasteiger partial charge on any atom is 0.254 e. The van der Waals surface area contributed by atoms with Gasteiger partial charge in [-0.2, -0.15) is 0 Å². The van der Waals surface area contributed by atoms with Crippen molar-refractivity contribution in [2.45, 2.75) is 115 Å². The monoisotopic (exact) mass is 622 g/mol. The Morgan fingerprint density at radius 3 is 2.38 bits per heavy atom. The number of rotatable bonds is 14. The number of amides is 3. The molecule has 0 unspecified atom stereocenters. The topological polar surface area (TPSA) is 102 Å². The number of hydrogen-bond donors (Lipinski definition) is 2. The number of carbonyl (C=O) groups is 3. The highest BCUT2D eigenvalue weighted by atomic mass is 16.5. The lowest BCUT2D eigenvalue weighted by Gasteiger charge is -2.52. The van der Waals surface area contributed by atoms with Crippen LogP contribution in [-0.2, 0) is 9.59 Å². The molecule has 0 radical (unpaired) electrons. The minimum Gasteiger partial charge on any atom is -0.494 e. The lowest BCUT2D eigenvalue weighted by Crippen LogP contribution is -2.73. The molecule has 248 valence electrons. The third-order valence-electron chi connectivity index (χ3n) is 9.95. The molecule has 2 N–H and O–H groups in total. The van der Waals surface area contributed by atoms with Gasteiger partial charge in [-0.3, -0.25) is 14.4 Å². The number of benzene rings is 1. The molecule has 2 saturated heterocycles. The van der Waals surface area contributed by atoms with Gasteiger partial charge in [-0.05, 0) is 89.6 Å². The quantitative estimate of drug-likeness (QED) is 0.236. The molecule has 2 heterocycles. The smallest absolute Gasteiger partial charge is 0.254 e. The first-order valence-corrected chi connectivity index (χ1v) is 17.2. The van der Waals surface area contributed by atoms with E-state index in [-0.39, 0.29) is 17.7 Å². The number of piperidine rings is 1. The van der Waals surface area contributed by atoms with Crippen LogP contribution in [0.1, 0.15) is 108 Å². The van der Waals surface area contributed by atoms with E-state index >= 15 is 0 Å². The molecule has 4 rings (SSSR count). The Bertz CT molecular complexity index is 1190. The van der Waals surface area contributed by atoms with E-state index < -0.39 is 17.2 Å². The fourth-order valence-corrected chi connectivity index (χ4v) is 7.10. The summed E-state index contributed by atoms with van der Waals surface area (Å²) < 4.78 is 5.94. The molecule has 1 aromatic rings. The molecule has 9 heteroatoms. The zero-order valence-corrected chi connectivity index (χ0v) is 27.7. The van der Waals surface area contributed by atoms with Gasteiger partial charge in [0.05, 0.1) is 18.8 Å². The zero-order chi connectivity index (χ0) is 32.3. The Kier molecular flexibility index (Phi) is 12.7. The van der Waals surface area contributed by atoms with Crippen LogP contribution in [0.25, 0.3) is 0 Å². The second-order valence-electron chi connectivity index (χ2n) is 13.1. The standard InChI is InChI=1S/C36H54N4O5/c1-4-7-23-39(6-3)32(41)29-14-16-30(17-15-29)45-27-13-12-22-38-25-20-36(21-26-38)34(43)37-31(33(42)40(36)24-8-5-2)28-35(44)18-10-9-11-19-35/h14-17,31,44H,5-6,8-13,18-28H2,1-3H3,(H,37,43)/t31-/m1/s1. The summed E-state index contributed by atoms with van der Waals surface area (Å²) in [7, 11) is 0. The van der Waals surface area contributed by atoms with Crippen LogP contribution in [0.15, 0.2) is 24.3 Å². The van der Waals surface area contributed by atoms with Crippen molar-refractivity contribution in [2.24, 2.45) is 0 Å². The number of ether oxygens (including phenoxy) is 1. The molecule has 2 aliphatic heterocycles. The van der Waals surface area contributed by atoms with Gasteiger partial charge in [0.1, 0.15) is 17.3 Å². The Hall–Kier alpha value is -3.09. The second-order valence-corrected chi connectivity index (χ2v) is 13.1. The van der Waals surface area contributed by atoms with Crippen molar-refractivity contribution in [3.63, 3.8) is 0 Å². The lowest BCUT2D eigenvalue weighted by atomic mass is 9.77.